The fourth-order valence-electron chi connectivity index (χ4n) is 6.80. The van der Waals surface area contributed by atoms with Crippen molar-refractivity contribution in [2.45, 2.75) is 69.2 Å². The zero-order chi connectivity index (χ0) is 32.6. The van der Waals surface area contributed by atoms with Gasteiger partial charge >= 0.3 is 11.9 Å². The maximum absolute atomic E-state index is 12.4. The number of ether oxygens (including phenoxy) is 2. The number of aliphatic carboxylic acids is 1. The van der Waals surface area contributed by atoms with Gasteiger partial charge in [-0.25, -0.2) is 0 Å². The van der Waals surface area contributed by atoms with Gasteiger partial charge in [0.05, 0.1) is 13.0 Å². The van der Waals surface area contributed by atoms with Crippen LogP contribution < -0.4 is 4.74 Å². The van der Waals surface area contributed by atoms with E-state index in [2.05, 4.69) is 49.2 Å². The van der Waals surface area contributed by atoms with Crippen molar-refractivity contribution in [3.05, 3.63) is 107 Å². The van der Waals surface area contributed by atoms with Crippen LogP contribution in [0.2, 0.25) is 0 Å². The Labute approximate surface area is 272 Å². The average molecular weight is 627 g/mol. The van der Waals surface area contributed by atoms with Gasteiger partial charge < -0.3 is 29.5 Å². The van der Waals surface area contributed by atoms with E-state index in [1.165, 1.54) is 12.8 Å². The zero-order valence-electron chi connectivity index (χ0n) is 27.1. The third kappa shape index (κ3) is 8.23. The van der Waals surface area contributed by atoms with Gasteiger partial charge in [-0.15, -0.1) is 0 Å². The summed E-state index contributed by atoms with van der Waals surface area (Å²) < 4.78 is 11.7. The van der Waals surface area contributed by atoms with Gasteiger partial charge in [0.25, 0.3) is 0 Å². The lowest BCUT2D eigenvalue weighted by molar-refractivity contribution is -0.155. The van der Waals surface area contributed by atoms with Gasteiger partial charge in [-0.05, 0) is 93.2 Å². The summed E-state index contributed by atoms with van der Waals surface area (Å²) >= 11 is 0. The van der Waals surface area contributed by atoms with Gasteiger partial charge in [0.15, 0.2) is 0 Å². The Bertz CT molecular complexity index is 1510. The monoisotopic (exact) mass is 626 g/mol. The number of nitrogens with zero attached hydrogens (tertiary/aromatic N) is 2. The molecule has 0 amide bonds. The van der Waals surface area contributed by atoms with E-state index in [0.29, 0.717) is 18.7 Å². The van der Waals surface area contributed by atoms with Gasteiger partial charge in [0.1, 0.15) is 24.4 Å². The quantitative estimate of drug-likeness (QED) is 0.300. The van der Waals surface area contributed by atoms with E-state index in [1.807, 2.05) is 60.7 Å². The summed E-state index contributed by atoms with van der Waals surface area (Å²) in [6.07, 6.45) is 7.42. The van der Waals surface area contributed by atoms with E-state index in [1.54, 1.807) is 0 Å². The van der Waals surface area contributed by atoms with Gasteiger partial charge in [-0.2, -0.15) is 0 Å². The maximum atomic E-state index is 12.4. The molecule has 3 unspecified atom stereocenters. The zero-order valence-corrected chi connectivity index (χ0v) is 27.1. The molecular weight excluding hydrogens is 580 g/mol. The van der Waals surface area contributed by atoms with Gasteiger partial charge in [-0.3, -0.25) is 9.59 Å². The molecule has 0 aliphatic carbocycles. The molecule has 3 aromatic carbocycles. The van der Waals surface area contributed by atoms with Crippen molar-refractivity contribution in [1.29, 1.82) is 0 Å². The number of rotatable bonds is 9. The Balaban J connectivity index is 0.000000184. The van der Waals surface area contributed by atoms with Crippen LogP contribution in [0.3, 0.4) is 0 Å². The third-order valence-electron chi connectivity index (χ3n) is 9.31. The Morgan fingerprint density at radius 3 is 2.37 bits per heavy atom. The van der Waals surface area contributed by atoms with Crippen LogP contribution >= 0.6 is 0 Å². The molecule has 46 heavy (non-hydrogen) atoms. The van der Waals surface area contributed by atoms with Crippen molar-refractivity contribution in [2.75, 3.05) is 34.3 Å². The molecule has 0 saturated carbocycles. The summed E-state index contributed by atoms with van der Waals surface area (Å²) in [4.78, 5) is 28.0. The fourth-order valence-corrected chi connectivity index (χ4v) is 6.80. The van der Waals surface area contributed by atoms with Crippen molar-refractivity contribution >= 4 is 17.5 Å². The number of esters is 1. The number of carbonyl (C=O) groups excluding carboxylic acids is 1. The number of aliphatic hydroxyl groups is 1. The summed E-state index contributed by atoms with van der Waals surface area (Å²) in [5.74, 6) is -0.879. The largest absolute Gasteiger partial charge is 0.488 e. The molecule has 0 radical (unpaired) electrons. The van der Waals surface area contributed by atoms with E-state index in [9.17, 15) is 14.7 Å². The molecule has 0 spiro atoms. The SMILES string of the molecule is CN(C)CC/C=C1/c2ccccc2COc2ccc(CC(=O)O)cc21.CN1C2CCC1CC(OC(=O)C(CO)c1ccccc1)C2. The highest BCUT2D eigenvalue weighted by atomic mass is 16.5. The molecular formula is C38H46N2O6. The minimum absolute atomic E-state index is 0.00367. The van der Waals surface area contributed by atoms with Crippen molar-refractivity contribution in [1.82, 2.24) is 9.80 Å². The second-order valence-electron chi connectivity index (χ2n) is 12.8. The first-order valence-electron chi connectivity index (χ1n) is 16.2. The van der Waals surface area contributed by atoms with Crippen LogP contribution in [0.1, 0.15) is 65.8 Å². The van der Waals surface area contributed by atoms with E-state index < -0.39 is 11.9 Å². The molecule has 3 aliphatic heterocycles. The number of hydrogen-bond acceptors (Lipinski definition) is 7. The lowest BCUT2D eigenvalue weighted by Crippen LogP contribution is -2.43. The molecule has 2 bridgehead atoms. The fraction of sp³-hybridized carbons (Fsp3) is 0.421. The van der Waals surface area contributed by atoms with Crippen LogP contribution in [0, 0.1) is 0 Å². The highest BCUT2D eigenvalue weighted by molar-refractivity contribution is 5.85. The van der Waals surface area contributed by atoms with Gasteiger partial charge in [0.2, 0.25) is 0 Å². The molecule has 3 heterocycles. The molecule has 2 saturated heterocycles. The molecule has 3 aliphatic rings. The molecule has 2 fully saturated rings. The minimum atomic E-state index is -0.826. The number of aliphatic hydroxyl groups excluding tert-OH is 1. The molecule has 0 aromatic heterocycles. The number of hydrogen-bond donors (Lipinski definition) is 2. The Morgan fingerprint density at radius 1 is 1.00 bits per heavy atom. The summed E-state index contributed by atoms with van der Waals surface area (Å²) in [6, 6.07) is 24.4. The highest BCUT2D eigenvalue weighted by Gasteiger charge is 2.40. The predicted molar refractivity (Wildman–Crippen MR) is 179 cm³/mol. The smallest absolute Gasteiger partial charge is 0.316 e. The van der Waals surface area contributed by atoms with Crippen molar-refractivity contribution < 1.29 is 29.3 Å². The van der Waals surface area contributed by atoms with Gasteiger partial charge in [-0.1, -0.05) is 66.7 Å². The molecule has 244 valence electrons. The molecule has 6 rings (SSSR count). The van der Waals surface area contributed by atoms with Crippen LogP contribution in [0.5, 0.6) is 5.75 Å². The highest BCUT2D eigenvalue weighted by Crippen LogP contribution is 2.38. The minimum Gasteiger partial charge on any atom is -0.488 e. The van der Waals surface area contributed by atoms with Crippen molar-refractivity contribution in [3.8, 4) is 5.75 Å². The predicted octanol–water partition coefficient (Wildman–Crippen LogP) is 5.52. The Hall–Kier alpha value is -3.98. The van der Waals surface area contributed by atoms with Crippen molar-refractivity contribution in [2.24, 2.45) is 0 Å². The number of carbonyl (C=O) groups is 2. The number of piperidine rings is 1. The molecule has 3 atom stereocenters. The van der Waals surface area contributed by atoms with Crippen LogP contribution in [-0.2, 0) is 27.4 Å². The van der Waals surface area contributed by atoms with E-state index >= 15 is 0 Å². The molecule has 8 nitrogen and oxygen atoms in total. The summed E-state index contributed by atoms with van der Waals surface area (Å²) in [6.45, 7) is 1.27. The Morgan fingerprint density at radius 2 is 1.70 bits per heavy atom. The molecule has 8 heteroatoms. The van der Waals surface area contributed by atoms with E-state index in [4.69, 9.17) is 14.6 Å². The summed E-state index contributed by atoms with van der Waals surface area (Å²) in [7, 11) is 6.28. The standard InChI is InChI=1S/C21H23NO3.C17H23NO3/c1-22(2)11-5-8-18-17-7-4-3-6-16(17)14-25-20-10-9-15(12-19(18)20)13-21(23)24;1-18-13-7-8-14(18)10-15(9-13)21-17(20)16(11-19)12-5-3-2-4-6-12/h3-4,6-10,12H,5,11,13-14H2,1-2H3,(H,23,24);2-6,13-16,19H,7-11H2,1H3/b18-8-;. The van der Waals surface area contributed by atoms with E-state index in [-0.39, 0.29) is 25.1 Å². The normalized spacial score (nSPS) is 21.7. The first-order valence-corrected chi connectivity index (χ1v) is 16.2. The number of benzene rings is 3. The van der Waals surface area contributed by atoms with Crippen LogP contribution in [-0.4, -0.2) is 84.4 Å². The number of carboxylic acids is 1. The first kappa shape index (κ1) is 33.4. The van der Waals surface area contributed by atoms with Crippen molar-refractivity contribution in [3.63, 3.8) is 0 Å². The van der Waals surface area contributed by atoms with Crippen LogP contribution in [0.25, 0.3) is 5.57 Å². The van der Waals surface area contributed by atoms with Crippen LogP contribution in [0.4, 0.5) is 0 Å². The second-order valence-corrected chi connectivity index (χ2v) is 12.8. The average Bonchev–Trinajstić information content (AvgIpc) is 3.18. The maximum Gasteiger partial charge on any atom is 0.316 e. The molecule has 2 N–H and O–H groups in total. The first-order chi connectivity index (χ1) is 22.2. The molecule has 3 aromatic rings. The Kier molecular flexibility index (Phi) is 11.3. The summed E-state index contributed by atoms with van der Waals surface area (Å²) in [5, 5.41) is 18.6. The second kappa shape index (κ2) is 15.5. The summed E-state index contributed by atoms with van der Waals surface area (Å²) in [5.41, 5.74) is 6.01. The van der Waals surface area contributed by atoms with Crippen LogP contribution in [0.15, 0.2) is 78.9 Å². The van der Waals surface area contributed by atoms with E-state index in [0.717, 1.165) is 64.9 Å². The van der Waals surface area contributed by atoms with Gasteiger partial charge in [0, 0.05) is 24.2 Å². The lowest BCUT2D eigenvalue weighted by atomic mass is 9.92. The number of carboxylic acid groups (broad SMARTS) is 1. The lowest BCUT2D eigenvalue weighted by Gasteiger charge is -2.36. The topological polar surface area (TPSA) is 99.5 Å². The number of fused-ring (bicyclic) bond motifs is 4. The third-order valence-corrected chi connectivity index (χ3v) is 9.31.